The zero-order valence-electron chi connectivity index (χ0n) is 17.5. The van der Waals surface area contributed by atoms with Crippen molar-refractivity contribution in [2.24, 2.45) is 0 Å². The summed E-state index contributed by atoms with van der Waals surface area (Å²) >= 11 is 0. The zero-order chi connectivity index (χ0) is 20.9. The van der Waals surface area contributed by atoms with E-state index in [2.05, 4.69) is 91.0 Å². The molecule has 0 saturated carbocycles. The van der Waals surface area contributed by atoms with Crippen LogP contribution in [0.1, 0.15) is 19.8 Å². The van der Waals surface area contributed by atoms with Crippen molar-refractivity contribution in [1.29, 1.82) is 0 Å². The summed E-state index contributed by atoms with van der Waals surface area (Å²) < 4.78 is 5.26. The molecule has 0 spiro atoms. The molecule has 3 aromatic carbocycles. The second-order valence-electron chi connectivity index (χ2n) is 8.05. The van der Waals surface area contributed by atoms with Crippen LogP contribution in [0, 0.1) is 0 Å². The summed E-state index contributed by atoms with van der Waals surface area (Å²) in [4.78, 5) is 12.4. The Kier molecular flexibility index (Phi) is 5.88. The Balaban J connectivity index is 2.03. The predicted octanol–water partition coefficient (Wildman–Crippen LogP) is 4.80. The van der Waals surface area contributed by atoms with Crippen LogP contribution in [0.3, 0.4) is 0 Å². The number of carbonyl (C=O) groups is 1. The van der Waals surface area contributed by atoms with Gasteiger partial charge in [0.25, 0.3) is 0 Å². The van der Waals surface area contributed by atoms with E-state index >= 15 is 0 Å². The van der Waals surface area contributed by atoms with Crippen LogP contribution in [0.5, 0.6) is 0 Å². The molecule has 0 amide bonds. The van der Waals surface area contributed by atoms with Gasteiger partial charge in [-0.1, -0.05) is 0 Å². The Hall–Kier alpha value is -2.70. The van der Waals surface area contributed by atoms with Crippen molar-refractivity contribution in [1.82, 2.24) is 0 Å². The number of benzene rings is 3. The minimum atomic E-state index is -2.81. The van der Waals surface area contributed by atoms with Gasteiger partial charge in [0.05, 0.1) is 0 Å². The second-order valence-corrected chi connectivity index (χ2v) is 13.4. The Labute approximate surface area is 179 Å². The molecule has 1 fully saturated rings. The second kappa shape index (κ2) is 8.58. The van der Waals surface area contributed by atoms with E-state index in [9.17, 15) is 4.79 Å². The van der Waals surface area contributed by atoms with Crippen LogP contribution in [0.25, 0.3) is 0 Å². The molecule has 0 aromatic heterocycles. The van der Waals surface area contributed by atoms with Crippen LogP contribution < -0.4 is 15.9 Å². The van der Waals surface area contributed by atoms with Crippen LogP contribution in [-0.4, -0.2) is 24.9 Å². The van der Waals surface area contributed by atoms with Crippen molar-refractivity contribution in [2.75, 3.05) is 18.9 Å². The SMILES string of the molecule is CCOC(=O)/C=C1\CCCP(c2ccccc2)(c2ccccc2)(c2ccccc2)C1. The first-order valence-electron chi connectivity index (χ1n) is 10.7. The Morgan fingerprint density at radius 3 is 1.73 bits per heavy atom. The molecule has 3 heteroatoms. The topological polar surface area (TPSA) is 26.3 Å². The van der Waals surface area contributed by atoms with Crippen LogP contribution in [0.4, 0.5) is 0 Å². The summed E-state index contributed by atoms with van der Waals surface area (Å²) in [5, 5.41) is 4.20. The van der Waals surface area contributed by atoms with Gasteiger partial charge in [0, 0.05) is 0 Å². The van der Waals surface area contributed by atoms with Crippen LogP contribution in [0.15, 0.2) is 103 Å². The Morgan fingerprint density at radius 1 is 0.833 bits per heavy atom. The van der Waals surface area contributed by atoms with Gasteiger partial charge in [-0.25, -0.2) is 0 Å². The monoisotopic (exact) mass is 416 g/mol. The van der Waals surface area contributed by atoms with E-state index in [0.29, 0.717) is 6.61 Å². The van der Waals surface area contributed by atoms with Gasteiger partial charge in [-0.2, -0.15) is 0 Å². The van der Waals surface area contributed by atoms with Crippen LogP contribution in [-0.2, 0) is 9.53 Å². The van der Waals surface area contributed by atoms with E-state index in [1.807, 2.05) is 6.92 Å². The van der Waals surface area contributed by atoms with Gasteiger partial charge in [-0.15, -0.1) is 0 Å². The third-order valence-corrected chi connectivity index (χ3v) is 13.5. The van der Waals surface area contributed by atoms with Crippen molar-refractivity contribution in [3.05, 3.63) is 103 Å². The van der Waals surface area contributed by atoms with Crippen LogP contribution >= 0.6 is 6.60 Å². The molecule has 0 unspecified atom stereocenters. The number of rotatable bonds is 5. The number of ether oxygens (including phenoxy) is 1. The van der Waals surface area contributed by atoms with Gasteiger partial charge in [-0.05, 0) is 0 Å². The molecule has 154 valence electrons. The van der Waals surface area contributed by atoms with E-state index in [1.54, 1.807) is 6.08 Å². The van der Waals surface area contributed by atoms with E-state index in [0.717, 1.165) is 25.2 Å². The fraction of sp³-hybridized carbons (Fsp3) is 0.222. The Morgan fingerprint density at radius 2 is 1.30 bits per heavy atom. The quantitative estimate of drug-likeness (QED) is 0.339. The van der Waals surface area contributed by atoms with Crippen molar-refractivity contribution < 1.29 is 9.53 Å². The summed E-state index contributed by atoms with van der Waals surface area (Å²) in [6.45, 7) is -0.546. The molecule has 3 aromatic rings. The molecule has 0 bridgehead atoms. The molecule has 1 aliphatic heterocycles. The van der Waals surface area contributed by atoms with Gasteiger partial charge in [0.1, 0.15) is 0 Å². The van der Waals surface area contributed by atoms with E-state index < -0.39 is 6.60 Å². The zero-order valence-corrected chi connectivity index (χ0v) is 18.4. The first-order chi connectivity index (χ1) is 14.7. The van der Waals surface area contributed by atoms with Crippen molar-refractivity contribution in [3.8, 4) is 0 Å². The third kappa shape index (κ3) is 3.40. The normalized spacial score (nSPS) is 20.0. The molecular weight excluding hydrogens is 387 g/mol. The number of allylic oxidation sites excluding steroid dienone is 1. The molecule has 0 atom stereocenters. The van der Waals surface area contributed by atoms with Gasteiger partial charge >= 0.3 is 179 Å². The molecule has 0 N–H and O–H groups in total. The van der Waals surface area contributed by atoms with E-state index in [4.69, 9.17) is 4.74 Å². The van der Waals surface area contributed by atoms with Gasteiger partial charge in [0.15, 0.2) is 0 Å². The number of hydrogen-bond donors (Lipinski definition) is 0. The van der Waals surface area contributed by atoms with Crippen molar-refractivity contribution in [3.63, 3.8) is 0 Å². The minimum absolute atomic E-state index is 0.222. The molecule has 0 radical (unpaired) electrons. The number of carbonyl (C=O) groups excluding carboxylic acids is 1. The number of hydrogen-bond acceptors (Lipinski definition) is 2. The first-order valence-corrected chi connectivity index (χ1v) is 13.3. The molecule has 1 heterocycles. The van der Waals surface area contributed by atoms with E-state index in [1.165, 1.54) is 21.5 Å². The third-order valence-electron chi connectivity index (χ3n) is 6.45. The Bertz CT molecular complexity index is 927. The maximum absolute atomic E-state index is 12.4. The molecule has 1 saturated heterocycles. The van der Waals surface area contributed by atoms with Crippen molar-refractivity contribution >= 4 is 28.5 Å². The fourth-order valence-corrected chi connectivity index (χ4v) is 12.3. The summed E-state index contributed by atoms with van der Waals surface area (Å²) in [5.74, 6) is -0.222. The van der Waals surface area contributed by atoms with Crippen LogP contribution in [0.2, 0.25) is 0 Å². The van der Waals surface area contributed by atoms with Gasteiger partial charge in [-0.3, -0.25) is 0 Å². The van der Waals surface area contributed by atoms with E-state index in [-0.39, 0.29) is 5.97 Å². The molecule has 4 rings (SSSR count). The average Bonchev–Trinajstić information content (AvgIpc) is 2.81. The number of esters is 1. The molecule has 0 aliphatic carbocycles. The molecule has 2 nitrogen and oxygen atoms in total. The molecule has 30 heavy (non-hydrogen) atoms. The summed E-state index contributed by atoms with van der Waals surface area (Å²) in [6, 6.07) is 33.0. The maximum atomic E-state index is 12.4. The fourth-order valence-electron chi connectivity index (χ4n) is 5.20. The average molecular weight is 417 g/mol. The summed E-state index contributed by atoms with van der Waals surface area (Å²) in [7, 11) is 0. The van der Waals surface area contributed by atoms with Gasteiger partial charge in [0.2, 0.25) is 0 Å². The predicted molar refractivity (Wildman–Crippen MR) is 129 cm³/mol. The van der Waals surface area contributed by atoms with Crippen molar-refractivity contribution in [2.45, 2.75) is 19.8 Å². The van der Waals surface area contributed by atoms with Gasteiger partial charge < -0.3 is 0 Å². The summed E-state index contributed by atoms with van der Waals surface area (Å²) in [5.41, 5.74) is 1.20. The standard InChI is InChI=1S/C27H29O2P/c1-2-29-27(28)21-23-13-12-20-30(22-23,24-14-6-3-7-15-24,25-16-8-4-9-17-25)26-18-10-5-11-19-26/h3-11,14-19,21H,2,12-13,20,22H2,1H3/b23-21+. The first kappa shape index (κ1) is 20.6. The summed E-state index contributed by atoms with van der Waals surface area (Å²) in [6.07, 6.45) is 5.77. The molecule has 1 aliphatic rings. The molecular formula is C27H29O2P.